The summed E-state index contributed by atoms with van der Waals surface area (Å²) in [6.07, 6.45) is 4.46. The molecule has 3 aromatic rings. The van der Waals surface area contributed by atoms with E-state index in [-0.39, 0.29) is 22.3 Å². The van der Waals surface area contributed by atoms with Crippen LogP contribution in [0.15, 0.2) is 60.0 Å². The highest BCUT2D eigenvalue weighted by molar-refractivity contribution is 7.90. The standard InChI is InChI=1S/C17H15ClN4O4S/c1-21(17(23)24)10-12-8-15(14-5-3-7-20-16(14)18)22(11-12)27(25,26)13-4-2-6-19-9-13/h2-9,11H,10H2,1H3,(H,23,24). The lowest BCUT2D eigenvalue weighted by atomic mass is 10.2. The minimum absolute atomic E-state index is 0.00000178. The summed E-state index contributed by atoms with van der Waals surface area (Å²) in [4.78, 5) is 20.0. The molecule has 3 rings (SSSR count). The van der Waals surface area contributed by atoms with Crippen molar-refractivity contribution < 1.29 is 18.3 Å². The Morgan fingerprint density at radius 3 is 2.67 bits per heavy atom. The third kappa shape index (κ3) is 3.79. The highest BCUT2D eigenvalue weighted by Gasteiger charge is 2.24. The summed E-state index contributed by atoms with van der Waals surface area (Å²) in [5.41, 5.74) is 1.18. The zero-order valence-electron chi connectivity index (χ0n) is 14.2. The van der Waals surface area contributed by atoms with Crippen LogP contribution in [0.1, 0.15) is 5.56 Å². The average molecular weight is 407 g/mol. The fourth-order valence-corrected chi connectivity index (χ4v) is 4.08. The van der Waals surface area contributed by atoms with Gasteiger partial charge in [-0.25, -0.2) is 22.2 Å². The van der Waals surface area contributed by atoms with Crippen LogP contribution in [0.2, 0.25) is 5.15 Å². The van der Waals surface area contributed by atoms with E-state index < -0.39 is 16.1 Å². The number of rotatable bonds is 5. The fourth-order valence-electron chi connectivity index (χ4n) is 2.51. The molecular weight excluding hydrogens is 392 g/mol. The SMILES string of the molecule is CN(Cc1cc(-c2cccnc2Cl)n(S(=O)(=O)c2cccnc2)c1)C(=O)O. The van der Waals surface area contributed by atoms with Crippen molar-refractivity contribution in [1.82, 2.24) is 18.8 Å². The van der Waals surface area contributed by atoms with Crippen molar-refractivity contribution in [3.8, 4) is 11.3 Å². The molecule has 0 spiro atoms. The lowest BCUT2D eigenvalue weighted by molar-refractivity contribution is 0.154. The first-order valence-corrected chi connectivity index (χ1v) is 9.54. The molecule has 0 aliphatic rings. The minimum atomic E-state index is -3.97. The van der Waals surface area contributed by atoms with E-state index in [1.807, 2.05) is 0 Å². The Kier molecular flexibility index (Phi) is 5.15. The van der Waals surface area contributed by atoms with Crippen LogP contribution < -0.4 is 0 Å². The molecule has 8 nitrogen and oxygen atoms in total. The van der Waals surface area contributed by atoms with E-state index in [1.54, 1.807) is 18.2 Å². The van der Waals surface area contributed by atoms with Crippen molar-refractivity contribution >= 4 is 27.7 Å². The van der Waals surface area contributed by atoms with Crippen LogP contribution in [0.3, 0.4) is 0 Å². The monoisotopic (exact) mass is 406 g/mol. The zero-order valence-corrected chi connectivity index (χ0v) is 15.7. The van der Waals surface area contributed by atoms with Crippen molar-refractivity contribution in [2.75, 3.05) is 7.05 Å². The normalized spacial score (nSPS) is 11.3. The number of halogens is 1. The van der Waals surface area contributed by atoms with Gasteiger partial charge in [-0.2, -0.15) is 0 Å². The van der Waals surface area contributed by atoms with Gasteiger partial charge in [-0.3, -0.25) is 4.98 Å². The quantitative estimate of drug-likeness (QED) is 0.653. The molecule has 1 N–H and O–H groups in total. The van der Waals surface area contributed by atoms with Crippen molar-refractivity contribution in [2.45, 2.75) is 11.4 Å². The molecule has 0 aromatic carbocycles. The number of aromatic nitrogens is 3. The molecule has 0 aliphatic carbocycles. The van der Waals surface area contributed by atoms with Crippen LogP contribution in [0.25, 0.3) is 11.3 Å². The number of hydrogen-bond donors (Lipinski definition) is 1. The average Bonchev–Trinajstić information content (AvgIpc) is 3.07. The van der Waals surface area contributed by atoms with Crippen molar-refractivity contribution in [2.24, 2.45) is 0 Å². The molecule has 0 bridgehead atoms. The third-order valence-corrected chi connectivity index (χ3v) is 5.77. The smallest absolute Gasteiger partial charge is 0.407 e. The Hall–Kier alpha value is -2.91. The van der Waals surface area contributed by atoms with Crippen LogP contribution >= 0.6 is 11.6 Å². The summed E-state index contributed by atoms with van der Waals surface area (Å²) >= 11 is 6.16. The van der Waals surface area contributed by atoms with Gasteiger partial charge in [0.05, 0.1) is 12.2 Å². The number of hydrogen-bond acceptors (Lipinski definition) is 5. The Labute approximate surface area is 160 Å². The van der Waals surface area contributed by atoms with Gasteiger partial charge in [0.2, 0.25) is 0 Å². The molecule has 1 amide bonds. The molecule has 0 unspecified atom stereocenters. The third-order valence-electron chi connectivity index (χ3n) is 3.82. The molecule has 0 radical (unpaired) electrons. The predicted molar refractivity (Wildman–Crippen MR) is 99.0 cm³/mol. The van der Waals surface area contributed by atoms with Crippen molar-refractivity contribution in [3.05, 3.63) is 65.8 Å². The van der Waals surface area contributed by atoms with Gasteiger partial charge in [-0.05, 0) is 35.9 Å². The van der Waals surface area contributed by atoms with E-state index >= 15 is 0 Å². The summed E-state index contributed by atoms with van der Waals surface area (Å²) in [5.74, 6) is 0. The van der Waals surface area contributed by atoms with E-state index in [9.17, 15) is 13.2 Å². The van der Waals surface area contributed by atoms with Crippen molar-refractivity contribution in [1.29, 1.82) is 0 Å². The first kappa shape index (κ1) is 18.9. The lowest BCUT2D eigenvalue weighted by Gasteiger charge is -2.11. The number of nitrogens with zero attached hydrogens (tertiary/aromatic N) is 4. The largest absolute Gasteiger partial charge is 0.465 e. The van der Waals surface area contributed by atoms with E-state index in [1.165, 1.54) is 44.0 Å². The molecule has 27 heavy (non-hydrogen) atoms. The Bertz CT molecular complexity index is 1080. The Morgan fingerprint density at radius 2 is 2.04 bits per heavy atom. The van der Waals surface area contributed by atoms with E-state index in [0.717, 1.165) is 8.87 Å². The van der Waals surface area contributed by atoms with Gasteiger partial charge in [0.15, 0.2) is 0 Å². The van der Waals surface area contributed by atoms with E-state index in [4.69, 9.17) is 16.7 Å². The second-order valence-corrected chi connectivity index (χ2v) is 7.88. The summed E-state index contributed by atoms with van der Waals surface area (Å²) in [6, 6.07) is 7.81. The predicted octanol–water partition coefficient (Wildman–Crippen LogP) is 2.95. The summed E-state index contributed by atoms with van der Waals surface area (Å²) in [5, 5.41) is 9.22. The molecule has 3 aromatic heterocycles. The van der Waals surface area contributed by atoms with Crippen LogP contribution in [0.5, 0.6) is 0 Å². The topological polar surface area (TPSA) is 105 Å². The minimum Gasteiger partial charge on any atom is -0.465 e. The van der Waals surface area contributed by atoms with Gasteiger partial charge in [0.1, 0.15) is 10.0 Å². The van der Waals surface area contributed by atoms with Crippen LogP contribution in [0.4, 0.5) is 4.79 Å². The molecule has 140 valence electrons. The lowest BCUT2D eigenvalue weighted by Crippen LogP contribution is -2.23. The molecule has 10 heteroatoms. The highest BCUT2D eigenvalue weighted by atomic mass is 35.5. The van der Waals surface area contributed by atoms with Gasteiger partial charge in [0, 0.05) is 37.4 Å². The Morgan fingerprint density at radius 1 is 1.30 bits per heavy atom. The maximum absolute atomic E-state index is 13.1. The van der Waals surface area contributed by atoms with Gasteiger partial charge in [-0.1, -0.05) is 11.6 Å². The summed E-state index contributed by atoms with van der Waals surface area (Å²) in [7, 11) is -2.57. The molecular formula is C17H15ClN4O4S. The molecule has 0 aliphatic heterocycles. The Balaban J connectivity index is 2.18. The van der Waals surface area contributed by atoms with E-state index in [2.05, 4.69) is 9.97 Å². The van der Waals surface area contributed by atoms with Gasteiger partial charge < -0.3 is 10.0 Å². The number of carboxylic acid groups (broad SMARTS) is 1. The number of pyridine rings is 2. The van der Waals surface area contributed by atoms with Crippen molar-refractivity contribution in [3.63, 3.8) is 0 Å². The maximum atomic E-state index is 13.1. The van der Waals surface area contributed by atoms with Crippen LogP contribution in [-0.2, 0) is 16.6 Å². The first-order valence-electron chi connectivity index (χ1n) is 7.72. The number of carbonyl (C=O) groups is 1. The maximum Gasteiger partial charge on any atom is 0.407 e. The molecule has 3 heterocycles. The van der Waals surface area contributed by atoms with Crippen LogP contribution in [0, 0.1) is 0 Å². The van der Waals surface area contributed by atoms with Gasteiger partial charge in [0.25, 0.3) is 10.0 Å². The van der Waals surface area contributed by atoms with Crippen LogP contribution in [-0.4, -0.2) is 45.5 Å². The summed E-state index contributed by atoms with van der Waals surface area (Å²) < 4.78 is 27.3. The second kappa shape index (κ2) is 7.37. The van der Waals surface area contributed by atoms with E-state index in [0.29, 0.717) is 11.1 Å². The zero-order chi connectivity index (χ0) is 19.6. The van der Waals surface area contributed by atoms with Gasteiger partial charge in [-0.15, -0.1) is 0 Å². The number of amides is 1. The molecule has 0 saturated carbocycles. The fraction of sp³-hybridized carbons (Fsp3) is 0.118. The molecule has 0 fully saturated rings. The first-order chi connectivity index (χ1) is 12.8. The second-order valence-electron chi connectivity index (χ2n) is 5.70. The van der Waals surface area contributed by atoms with Gasteiger partial charge >= 0.3 is 6.09 Å². The summed E-state index contributed by atoms with van der Waals surface area (Å²) in [6.45, 7) is 0.00970. The highest BCUT2D eigenvalue weighted by Crippen LogP contribution is 2.31. The molecule has 0 saturated heterocycles. The molecule has 0 atom stereocenters.